The first-order chi connectivity index (χ1) is 42.3. The van der Waals surface area contributed by atoms with Crippen molar-refractivity contribution in [2.75, 3.05) is 14.7 Å². The highest BCUT2D eigenvalue weighted by molar-refractivity contribution is 7.26. The average Bonchev–Trinajstić information content (AvgIpc) is 1.61. The number of thiophene rings is 1. The lowest BCUT2D eigenvalue weighted by molar-refractivity contribution is -0.0399. The number of aryl methyl sites for hydroxylation is 1. The maximum absolute atomic E-state index is 7.66. The second-order valence-corrected chi connectivity index (χ2v) is 29.6. The molecule has 87 heavy (non-hydrogen) atoms. The van der Waals surface area contributed by atoms with Crippen molar-refractivity contribution in [3.05, 3.63) is 240 Å². The molecular weight excluding hydrogens is 1070 g/mol. The van der Waals surface area contributed by atoms with Crippen LogP contribution in [0.2, 0.25) is 0 Å². The number of hydrogen-bond donors (Lipinski definition) is 0. The fourth-order valence-electron chi connectivity index (χ4n) is 18.1. The molecule has 7 aliphatic rings. The molecular formula is C81H70BN3OS. The fourth-order valence-corrected chi connectivity index (χ4v) is 19.3. The van der Waals surface area contributed by atoms with Gasteiger partial charge in [0.15, 0.2) is 0 Å². The Balaban J connectivity index is 0.947. The summed E-state index contributed by atoms with van der Waals surface area (Å²) in [6, 6.07) is 81.8. The van der Waals surface area contributed by atoms with E-state index in [1.165, 1.54) is 131 Å². The van der Waals surface area contributed by atoms with Crippen LogP contribution in [0, 0.1) is 30.6 Å². The normalized spacial score (nSPS) is 20.3. The quantitative estimate of drug-likeness (QED) is 0.155. The van der Waals surface area contributed by atoms with Crippen molar-refractivity contribution in [1.82, 2.24) is 0 Å². The molecule has 0 radical (unpaired) electrons. The van der Waals surface area contributed by atoms with E-state index in [0.717, 1.165) is 51.2 Å². The molecule has 4 bridgehead atoms. The SMILES string of the molecule is Cc1cc2c3c(c1)N(c1cccc4c1sc1ccccc14)c1c(oc4ccc(C(C)(C)C)cc14)B3c1ccc(N(c3ccc(C(C)(C)C)cc3)c3ccccc3-c3ccccc3)cc1N2c1cccc2c1-c1ccccc1C21C2CC3CC(C2)CC1C3. The molecule has 19 rings (SSSR count). The largest absolute Gasteiger partial charge is 0.468 e. The summed E-state index contributed by atoms with van der Waals surface area (Å²) in [6.07, 6.45) is 6.78. The van der Waals surface area contributed by atoms with Gasteiger partial charge in [0, 0.05) is 65.8 Å². The molecule has 0 atom stereocenters. The number of rotatable bonds is 6. The Labute approximate surface area is 515 Å². The van der Waals surface area contributed by atoms with Gasteiger partial charge < -0.3 is 19.1 Å². The molecule has 0 N–H and O–H groups in total. The van der Waals surface area contributed by atoms with Crippen molar-refractivity contribution in [2.45, 2.75) is 96.8 Å². The third-order valence-corrected chi connectivity index (χ3v) is 22.8. The minimum atomic E-state index is -0.231. The van der Waals surface area contributed by atoms with E-state index in [1.54, 1.807) is 11.1 Å². The molecule has 2 aromatic heterocycles. The van der Waals surface area contributed by atoms with Crippen LogP contribution >= 0.6 is 11.3 Å². The lowest BCUT2D eigenvalue weighted by atomic mass is 9.35. The fraction of sp³-hybridized carbons (Fsp3) is 0.235. The van der Waals surface area contributed by atoms with E-state index in [1.807, 2.05) is 11.3 Å². The third-order valence-electron chi connectivity index (χ3n) is 21.6. The van der Waals surface area contributed by atoms with Crippen LogP contribution in [0.3, 0.4) is 0 Å². The topological polar surface area (TPSA) is 22.9 Å². The molecule has 5 aliphatic carbocycles. The molecule has 2 aliphatic heterocycles. The van der Waals surface area contributed by atoms with Gasteiger partial charge in [-0.1, -0.05) is 181 Å². The number of fused-ring (bicyclic) bond motifs is 12. The van der Waals surface area contributed by atoms with Crippen molar-refractivity contribution >= 4 is 117 Å². The van der Waals surface area contributed by atoms with Crippen molar-refractivity contribution in [2.24, 2.45) is 23.7 Å². The predicted molar refractivity (Wildman–Crippen MR) is 369 cm³/mol. The summed E-state index contributed by atoms with van der Waals surface area (Å²) in [4.78, 5) is 7.88. The summed E-state index contributed by atoms with van der Waals surface area (Å²) in [5, 5.41) is 3.72. The molecule has 12 aromatic rings. The standard InChI is InChI=1S/C81H70BN3OS/c1-48-39-70-75-71(40-48)85(68-29-17-24-60-59-22-13-16-30-73(59)87-77(60)68)76-62-46-53(80(5,6)7)33-38-72(62)86-78(76)82(75)65-37-36-57(83(56-34-31-52(32-35-56)79(2,3)4)66-27-15-12-21-58(66)51-19-9-8-10-20-51)47-69(65)84(70)67-28-18-26-64-74(67)61-23-11-14-25-63(61)81(64)54-42-49-41-50(44-54)45-55(81)43-49/h8-40,46-47,49-50,54-55H,41-45H2,1-7H3. The Morgan fingerprint density at radius 3 is 1.91 bits per heavy atom. The van der Waals surface area contributed by atoms with Crippen LogP contribution in [-0.2, 0) is 16.2 Å². The number of furan rings is 1. The van der Waals surface area contributed by atoms with Crippen molar-refractivity contribution in [1.29, 1.82) is 0 Å². The van der Waals surface area contributed by atoms with Gasteiger partial charge in [0.2, 0.25) is 0 Å². The van der Waals surface area contributed by atoms with Gasteiger partial charge in [0.05, 0.1) is 33.1 Å². The van der Waals surface area contributed by atoms with E-state index >= 15 is 0 Å². The highest BCUT2D eigenvalue weighted by atomic mass is 32.1. The van der Waals surface area contributed by atoms with Gasteiger partial charge in [0.25, 0.3) is 6.71 Å². The van der Waals surface area contributed by atoms with Crippen molar-refractivity contribution in [3.63, 3.8) is 0 Å². The smallest absolute Gasteiger partial charge is 0.297 e. The lowest BCUT2D eigenvalue weighted by Crippen LogP contribution is -2.61. The third kappa shape index (κ3) is 7.37. The van der Waals surface area contributed by atoms with Crippen LogP contribution in [0.1, 0.15) is 101 Å². The molecule has 1 spiro atoms. The van der Waals surface area contributed by atoms with E-state index in [9.17, 15) is 0 Å². The van der Waals surface area contributed by atoms with Gasteiger partial charge in [-0.05, 0) is 196 Å². The summed E-state index contributed by atoms with van der Waals surface area (Å²) < 4.78 is 10.2. The van der Waals surface area contributed by atoms with E-state index in [4.69, 9.17) is 4.42 Å². The maximum atomic E-state index is 7.66. The summed E-state index contributed by atoms with van der Waals surface area (Å²) in [6.45, 7) is 16.0. The highest BCUT2D eigenvalue weighted by Crippen LogP contribution is 2.71. The van der Waals surface area contributed by atoms with Crippen molar-refractivity contribution in [3.8, 4) is 22.3 Å². The van der Waals surface area contributed by atoms with Gasteiger partial charge in [-0.3, -0.25) is 0 Å². The van der Waals surface area contributed by atoms with E-state index in [0.29, 0.717) is 11.8 Å². The van der Waals surface area contributed by atoms with Gasteiger partial charge in [-0.15, -0.1) is 11.3 Å². The summed E-state index contributed by atoms with van der Waals surface area (Å²) in [7, 11) is 0. The van der Waals surface area contributed by atoms with E-state index < -0.39 is 0 Å². The molecule has 0 amide bonds. The molecule has 4 heterocycles. The van der Waals surface area contributed by atoms with Crippen LogP contribution in [0.5, 0.6) is 0 Å². The van der Waals surface area contributed by atoms with Crippen molar-refractivity contribution < 1.29 is 4.42 Å². The number of hydrogen-bond acceptors (Lipinski definition) is 5. The summed E-state index contributed by atoms with van der Waals surface area (Å²) >= 11 is 1.90. The molecule has 10 aromatic carbocycles. The molecule has 4 nitrogen and oxygen atoms in total. The minimum absolute atomic E-state index is 0.00360. The summed E-state index contributed by atoms with van der Waals surface area (Å²) in [5.41, 5.74) is 27.0. The van der Waals surface area contributed by atoms with Crippen LogP contribution in [0.15, 0.2) is 217 Å². The van der Waals surface area contributed by atoms with Crippen LogP contribution in [0.4, 0.5) is 51.2 Å². The monoisotopic (exact) mass is 1140 g/mol. The molecule has 4 fully saturated rings. The highest BCUT2D eigenvalue weighted by Gasteiger charge is 2.62. The van der Waals surface area contributed by atoms with Crippen LogP contribution in [-0.4, -0.2) is 6.71 Å². The summed E-state index contributed by atoms with van der Waals surface area (Å²) in [5.74, 6) is 2.98. The molecule has 0 saturated heterocycles. The van der Waals surface area contributed by atoms with Gasteiger partial charge >= 0.3 is 0 Å². The predicted octanol–water partition coefficient (Wildman–Crippen LogP) is 20.6. The number of anilines is 9. The average molecular weight is 1140 g/mol. The molecule has 4 saturated carbocycles. The lowest BCUT2D eigenvalue weighted by Gasteiger charge is -2.61. The molecule has 0 unspecified atom stereocenters. The number of nitrogens with zero attached hydrogens (tertiary/aromatic N) is 3. The zero-order valence-electron chi connectivity index (χ0n) is 50.8. The van der Waals surface area contributed by atoms with Gasteiger partial charge in [-0.25, -0.2) is 0 Å². The van der Waals surface area contributed by atoms with Crippen LogP contribution < -0.4 is 31.3 Å². The second kappa shape index (κ2) is 18.5. The maximum Gasteiger partial charge on any atom is 0.297 e. The Hall–Kier alpha value is -8.58. The van der Waals surface area contributed by atoms with E-state index in [-0.39, 0.29) is 23.0 Å². The Morgan fingerprint density at radius 1 is 0.506 bits per heavy atom. The Bertz CT molecular complexity index is 4810. The number of benzene rings is 10. The first-order valence-corrected chi connectivity index (χ1v) is 32.8. The minimum Gasteiger partial charge on any atom is -0.468 e. The van der Waals surface area contributed by atoms with Crippen LogP contribution in [0.25, 0.3) is 53.4 Å². The number of para-hydroxylation sites is 1. The first-order valence-electron chi connectivity index (χ1n) is 31.9. The first kappa shape index (κ1) is 51.6. The van der Waals surface area contributed by atoms with Gasteiger partial charge in [0.1, 0.15) is 5.58 Å². The second-order valence-electron chi connectivity index (χ2n) is 28.5. The zero-order chi connectivity index (χ0) is 58.4. The Morgan fingerprint density at radius 2 is 1.14 bits per heavy atom. The molecule has 6 heteroatoms. The van der Waals surface area contributed by atoms with E-state index in [2.05, 4.69) is 275 Å². The zero-order valence-corrected chi connectivity index (χ0v) is 51.6. The molecule has 424 valence electrons. The Kier molecular flexibility index (Phi) is 11.0. The van der Waals surface area contributed by atoms with Gasteiger partial charge in [-0.2, -0.15) is 0 Å².